The second-order valence-corrected chi connectivity index (χ2v) is 6.93. The second-order valence-electron chi connectivity index (χ2n) is 6.93. The van der Waals surface area contributed by atoms with Crippen LogP contribution in [0, 0.1) is 11.8 Å². The van der Waals surface area contributed by atoms with E-state index in [9.17, 15) is 19.2 Å². The number of amides is 2. The predicted octanol–water partition coefficient (Wildman–Crippen LogP) is 2.65. The average molecular weight is 362 g/mol. The van der Waals surface area contributed by atoms with E-state index in [1.54, 1.807) is 57.3 Å². The number of fused-ring (bicyclic) bond motifs is 2. The number of carbonyl (C=O) groups excluding carboxylic acids is 4. The van der Waals surface area contributed by atoms with E-state index >= 15 is 0 Å². The van der Waals surface area contributed by atoms with Crippen molar-refractivity contribution in [2.75, 3.05) is 17.3 Å². The van der Waals surface area contributed by atoms with Gasteiger partial charge in [0.1, 0.15) is 0 Å². The van der Waals surface area contributed by atoms with Crippen molar-refractivity contribution in [1.82, 2.24) is 0 Å². The molecule has 1 N–H and O–H groups in total. The maximum atomic E-state index is 13.2. The molecule has 2 unspecified atom stereocenters. The highest BCUT2D eigenvalue weighted by atomic mass is 16.2. The Balaban J connectivity index is 2.01. The Morgan fingerprint density at radius 3 is 1.81 bits per heavy atom. The number of carbonyl (C=O) groups is 4. The number of hydrogen-bond donors (Lipinski definition) is 1. The summed E-state index contributed by atoms with van der Waals surface area (Å²) in [5.41, 5.74) is 1.58. The zero-order chi connectivity index (χ0) is 19.5. The number of benzene rings is 2. The molecule has 1 saturated heterocycles. The third-order valence-electron chi connectivity index (χ3n) is 5.53. The Morgan fingerprint density at radius 2 is 1.30 bits per heavy atom. The van der Waals surface area contributed by atoms with E-state index in [-0.39, 0.29) is 45.8 Å². The van der Waals surface area contributed by atoms with Gasteiger partial charge in [-0.3, -0.25) is 19.2 Å². The van der Waals surface area contributed by atoms with Crippen molar-refractivity contribution in [3.8, 4) is 0 Å². The molecule has 2 aliphatic rings. The standard InChI is InChI=1S/C21H18N2O4/c1-10-11(2)21(27)23(20(10)26)15-9-8-14(22-3)16-17(15)19(25)13-7-5-4-6-12(13)18(16)24/h4-11,22H,1-3H3. The molecule has 1 aliphatic carbocycles. The predicted molar refractivity (Wildman–Crippen MR) is 100 cm³/mol. The normalized spacial score (nSPS) is 21.4. The van der Waals surface area contributed by atoms with Crippen LogP contribution >= 0.6 is 0 Å². The van der Waals surface area contributed by atoms with E-state index in [2.05, 4.69) is 5.32 Å². The lowest BCUT2D eigenvalue weighted by molar-refractivity contribution is -0.122. The lowest BCUT2D eigenvalue weighted by Crippen LogP contribution is -2.34. The second kappa shape index (κ2) is 5.87. The lowest BCUT2D eigenvalue weighted by Gasteiger charge is -2.25. The highest BCUT2D eigenvalue weighted by molar-refractivity contribution is 6.34. The van der Waals surface area contributed by atoms with Gasteiger partial charge < -0.3 is 5.32 Å². The van der Waals surface area contributed by atoms with Gasteiger partial charge in [0.15, 0.2) is 11.6 Å². The van der Waals surface area contributed by atoms with Crippen LogP contribution in [0.25, 0.3) is 0 Å². The molecule has 2 aromatic carbocycles. The van der Waals surface area contributed by atoms with Crippen LogP contribution in [0.15, 0.2) is 36.4 Å². The summed E-state index contributed by atoms with van der Waals surface area (Å²) in [6, 6.07) is 9.78. The summed E-state index contributed by atoms with van der Waals surface area (Å²) in [4.78, 5) is 52.8. The number of nitrogens with one attached hydrogen (secondary N) is 1. The highest BCUT2D eigenvalue weighted by Gasteiger charge is 2.46. The summed E-state index contributed by atoms with van der Waals surface area (Å²) < 4.78 is 0. The van der Waals surface area contributed by atoms with Crippen LogP contribution in [0.4, 0.5) is 11.4 Å². The Morgan fingerprint density at radius 1 is 0.778 bits per heavy atom. The van der Waals surface area contributed by atoms with Crippen LogP contribution in [0.3, 0.4) is 0 Å². The average Bonchev–Trinajstić information content (AvgIpc) is 2.88. The zero-order valence-electron chi connectivity index (χ0n) is 15.2. The van der Waals surface area contributed by atoms with Gasteiger partial charge in [0.2, 0.25) is 11.8 Å². The lowest BCUT2D eigenvalue weighted by atomic mass is 9.82. The van der Waals surface area contributed by atoms with E-state index in [0.717, 1.165) is 4.90 Å². The van der Waals surface area contributed by atoms with Gasteiger partial charge in [-0.1, -0.05) is 38.1 Å². The van der Waals surface area contributed by atoms with Crippen molar-refractivity contribution in [3.63, 3.8) is 0 Å². The Hall–Kier alpha value is -3.28. The van der Waals surface area contributed by atoms with Gasteiger partial charge in [0.25, 0.3) is 0 Å². The third-order valence-corrected chi connectivity index (χ3v) is 5.53. The van der Waals surface area contributed by atoms with E-state index in [1.165, 1.54) is 0 Å². The molecule has 0 aromatic heterocycles. The van der Waals surface area contributed by atoms with Gasteiger partial charge in [-0.15, -0.1) is 0 Å². The number of anilines is 2. The summed E-state index contributed by atoms with van der Waals surface area (Å²) in [5.74, 6) is -2.32. The van der Waals surface area contributed by atoms with Gasteiger partial charge in [0.05, 0.1) is 16.8 Å². The molecule has 2 amide bonds. The van der Waals surface area contributed by atoms with Gasteiger partial charge >= 0.3 is 0 Å². The molecule has 1 fully saturated rings. The molecular weight excluding hydrogens is 344 g/mol. The minimum absolute atomic E-state index is 0.105. The molecule has 0 bridgehead atoms. The molecule has 0 saturated carbocycles. The van der Waals surface area contributed by atoms with Gasteiger partial charge in [-0.2, -0.15) is 0 Å². The van der Waals surface area contributed by atoms with E-state index in [1.807, 2.05) is 0 Å². The first-order chi connectivity index (χ1) is 12.9. The van der Waals surface area contributed by atoms with Crippen molar-refractivity contribution >= 4 is 34.8 Å². The zero-order valence-corrected chi connectivity index (χ0v) is 15.2. The first-order valence-corrected chi connectivity index (χ1v) is 8.79. The first-order valence-electron chi connectivity index (χ1n) is 8.79. The number of rotatable bonds is 2. The van der Waals surface area contributed by atoms with E-state index in [4.69, 9.17) is 0 Å². The number of nitrogens with zero attached hydrogens (tertiary/aromatic N) is 1. The van der Waals surface area contributed by atoms with E-state index in [0.29, 0.717) is 11.3 Å². The minimum atomic E-state index is -0.473. The molecule has 27 heavy (non-hydrogen) atoms. The van der Waals surface area contributed by atoms with Crippen molar-refractivity contribution in [1.29, 1.82) is 0 Å². The number of hydrogen-bond acceptors (Lipinski definition) is 5. The summed E-state index contributed by atoms with van der Waals surface area (Å²) >= 11 is 0. The topological polar surface area (TPSA) is 83.6 Å². The summed E-state index contributed by atoms with van der Waals surface area (Å²) in [6.45, 7) is 3.39. The van der Waals surface area contributed by atoms with Crippen LogP contribution in [0.5, 0.6) is 0 Å². The molecule has 1 aliphatic heterocycles. The highest BCUT2D eigenvalue weighted by Crippen LogP contribution is 2.40. The van der Waals surface area contributed by atoms with Crippen LogP contribution < -0.4 is 10.2 Å². The van der Waals surface area contributed by atoms with Gasteiger partial charge in [0, 0.05) is 35.7 Å². The number of ketones is 2. The molecule has 6 heteroatoms. The van der Waals surface area contributed by atoms with Crippen LogP contribution in [0.1, 0.15) is 45.7 Å². The molecule has 6 nitrogen and oxygen atoms in total. The van der Waals surface area contributed by atoms with Crippen molar-refractivity contribution in [2.24, 2.45) is 11.8 Å². The number of imide groups is 1. The summed E-state index contributed by atoms with van der Waals surface area (Å²) in [7, 11) is 1.66. The quantitative estimate of drug-likeness (QED) is 0.709. The largest absolute Gasteiger partial charge is 0.388 e. The van der Waals surface area contributed by atoms with Gasteiger partial charge in [-0.25, -0.2) is 4.90 Å². The SMILES string of the molecule is CNc1ccc(N2C(=O)C(C)C(C)C2=O)c2c1C(=O)c1ccccc1C2=O. The fourth-order valence-corrected chi connectivity index (χ4v) is 3.78. The van der Waals surface area contributed by atoms with E-state index < -0.39 is 11.8 Å². The van der Waals surface area contributed by atoms with Crippen molar-refractivity contribution in [3.05, 3.63) is 58.7 Å². The third kappa shape index (κ3) is 2.19. The smallest absolute Gasteiger partial charge is 0.237 e. The maximum absolute atomic E-state index is 13.2. The van der Waals surface area contributed by atoms with Crippen LogP contribution in [-0.4, -0.2) is 30.4 Å². The fraction of sp³-hybridized carbons (Fsp3) is 0.238. The Labute approximate surface area is 156 Å². The van der Waals surface area contributed by atoms with Crippen molar-refractivity contribution < 1.29 is 19.2 Å². The molecule has 2 aromatic rings. The molecule has 0 spiro atoms. The molecule has 136 valence electrons. The van der Waals surface area contributed by atoms with Crippen molar-refractivity contribution in [2.45, 2.75) is 13.8 Å². The molecule has 2 atom stereocenters. The Kier molecular flexibility index (Phi) is 3.73. The monoisotopic (exact) mass is 362 g/mol. The van der Waals surface area contributed by atoms with Gasteiger partial charge in [-0.05, 0) is 12.1 Å². The molecule has 4 rings (SSSR count). The fourth-order valence-electron chi connectivity index (χ4n) is 3.78. The minimum Gasteiger partial charge on any atom is -0.388 e. The first kappa shape index (κ1) is 17.1. The maximum Gasteiger partial charge on any atom is 0.237 e. The Bertz CT molecular complexity index is 1020. The molecule has 1 heterocycles. The van der Waals surface area contributed by atoms with Crippen LogP contribution in [-0.2, 0) is 9.59 Å². The summed E-state index contributed by atoms with van der Waals surface area (Å²) in [5, 5.41) is 2.93. The summed E-state index contributed by atoms with van der Waals surface area (Å²) in [6.07, 6.45) is 0. The van der Waals surface area contributed by atoms with Crippen LogP contribution in [0.2, 0.25) is 0 Å². The molecule has 0 radical (unpaired) electrons. The molecular formula is C21H18N2O4.